The van der Waals surface area contributed by atoms with Crippen molar-refractivity contribution < 1.29 is 26.8 Å². The van der Waals surface area contributed by atoms with E-state index in [0.717, 1.165) is 40.5 Å². The van der Waals surface area contributed by atoms with Crippen LogP contribution in [0.2, 0.25) is 0 Å². The van der Waals surface area contributed by atoms with Gasteiger partial charge in [0.1, 0.15) is 23.0 Å². The second kappa shape index (κ2) is 8.87. The zero-order valence-electron chi connectivity index (χ0n) is 19.1. The fourth-order valence-corrected chi connectivity index (χ4v) is 4.48. The Morgan fingerprint density at radius 3 is 2.31 bits per heavy atom. The molecule has 0 aliphatic carbocycles. The monoisotopic (exact) mass is 481 g/mol. The van der Waals surface area contributed by atoms with Crippen LogP contribution in [0.5, 0.6) is 0 Å². The van der Waals surface area contributed by atoms with Crippen LogP contribution in [-0.4, -0.2) is 29.8 Å². The van der Waals surface area contributed by atoms with Gasteiger partial charge in [0.15, 0.2) is 0 Å². The predicted molar refractivity (Wildman–Crippen MR) is 126 cm³/mol. The molecule has 1 saturated heterocycles. The maximum Gasteiger partial charge on any atom is 0.253 e. The number of amides is 1. The molecule has 0 unspecified atom stereocenters. The first-order valence-electron chi connectivity index (χ1n) is 11.5. The minimum absolute atomic E-state index is 0.0209. The predicted octanol–water partition coefficient (Wildman–Crippen LogP) is 7.48. The van der Waals surface area contributed by atoms with E-state index in [0.29, 0.717) is 23.1 Å². The van der Waals surface area contributed by atoms with Crippen molar-refractivity contribution in [2.45, 2.75) is 32.1 Å². The molecule has 0 N–H and O–H groups in total. The van der Waals surface area contributed by atoms with E-state index >= 15 is 0 Å². The van der Waals surface area contributed by atoms with E-state index in [1.54, 1.807) is 30.3 Å². The molecule has 35 heavy (non-hydrogen) atoms. The van der Waals surface area contributed by atoms with E-state index in [4.69, 9.17) is 4.42 Å². The number of nitrogens with zero attached hydrogens (tertiary/aromatic N) is 1. The molecule has 1 aliphatic rings. The molecule has 7 heteroatoms. The summed E-state index contributed by atoms with van der Waals surface area (Å²) in [6.07, 6.45) is -0.0181. The lowest BCUT2D eigenvalue weighted by Gasteiger charge is -2.31. The summed E-state index contributed by atoms with van der Waals surface area (Å²) in [5.74, 6) is -3.40. The number of halogens is 4. The highest BCUT2D eigenvalue weighted by Gasteiger charge is 2.35. The largest absolute Gasteiger partial charge is 0.460 e. The first-order chi connectivity index (χ1) is 16.7. The second-order valence-corrected chi connectivity index (χ2v) is 8.86. The number of carbonyl (C=O) groups is 1. The number of aryl methyl sites for hydroxylation is 1. The van der Waals surface area contributed by atoms with Crippen molar-refractivity contribution in [3.05, 3.63) is 83.6 Å². The number of furan rings is 1. The van der Waals surface area contributed by atoms with Gasteiger partial charge in [0.25, 0.3) is 11.8 Å². The summed E-state index contributed by atoms with van der Waals surface area (Å²) < 4.78 is 61.4. The fourth-order valence-electron chi connectivity index (χ4n) is 4.48. The molecule has 0 spiro atoms. The highest BCUT2D eigenvalue weighted by Crippen LogP contribution is 2.37. The Morgan fingerprint density at radius 2 is 1.63 bits per heavy atom. The lowest BCUT2D eigenvalue weighted by atomic mass is 9.95. The lowest BCUT2D eigenvalue weighted by molar-refractivity contribution is -0.0494. The Kier molecular flexibility index (Phi) is 5.87. The zero-order chi connectivity index (χ0) is 24.7. The lowest BCUT2D eigenvalue weighted by Crippen LogP contribution is -2.42. The van der Waals surface area contributed by atoms with Crippen molar-refractivity contribution in [1.29, 1.82) is 0 Å². The second-order valence-electron chi connectivity index (χ2n) is 8.86. The average Bonchev–Trinajstić information content (AvgIpc) is 3.28. The van der Waals surface area contributed by atoms with Gasteiger partial charge in [-0.15, -0.1) is 0 Å². The van der Waals surface area contributed by atoms with Crippen LogP contribution in [0, 0.1) is 11.6 Å². The van der Waals surface area contributed by atoms with Crippen LogP contribution in [-0.2, 0) is 6.42 Å². The molecule has 3 aromatic carbocycles. The minimum atomic E-state index is -2.72. The Balaban J connectivity index is 1.51. The normalized spacial score (nSPS) is 15.5. The molecule has 1 aromatic heterocycles. The number of alkyl halides is 2. The number of likely N-dealkylation sites (tertiary alicyclic amines) is 1. The van der Waals surface area contributed by atoms with E-state index in [2.05, 4.69) is 0 Å². The summed E-state index contributed by atoms with van der Waals surface area (Å²) in [6.45, 7) is 1.99. The molecule has 0 saturated carbocycles. The van der Waals surface area contributed by atoms with Crippen molar-refractivity contribution in [2.24, 2.45) is 0 Å². The highest BCUT2D eigenvalue weighted by molar-refractivity contribution is 5.98. The van der Waals surface area contributed by atoms with Crippen LogP contribution in [0.25, 0.3) is 33.2 Å². The standard InChI is InChI=1S/C28H23F4NO2/c1-2-22-14-20-13-19(15-24(26(20)35-22)23-16-21(29)7-8-25(23)30)17-3-5-18(6-4-17)27(34)33-11-9-28(31,32)10-12-33/h3-8,13-16H,2,9-12H2,1H3. The van der Waals surface area contributed by atoms with Gasteiger partial charge < -0.3 is 9.32 Å². The quantitative estimate of drug-likeness (QED) is 0.283. The van der Waals surface area contributed by atoms with E-state index in [9.17, 15) is 22.4 Å². The fraction of sp³-hybridized carbons (Fsp3) is 0.250. The van der Waals surface area contributed by atoms with Crippen molar-refractivity contribution in [2.75, 3.05) is 13.1 Å². The minimum Gasteiger partial charge on any atom is -0.460 e. The van der Waals surface area contributed by atoms with Gasteiger partial charge in [0.05, 0.1) is 0 Å². The third-order valence-electron chi connectivity index (χ3n) is 6.48. The van der Waals surface area contributed by atoms with Crippen LogP contribution in [0.15, 0.2) is 65.1 Å². The number of carbonyl (C=O) groups excluding carboxylic acids is 1. The number of piperidine rings is 1. The molecule has 0 bridgehead atoms. The summed E-state index contributed by atoms with van der Waals surface area (Å²) in [4.78, 5) is 14.2. The van der Waals surface area contributed by atoms with Gasteiger partial charge in [-0.1, -0.05) is 19.1 Å². The average molecular weight is 481 g/mol. The van der Waals surface area contributed by atoms with Crippen LogP contribution < -0.4 is 0 Å². The van der Waals surface area contributed by atoms with E-state index in [1.807, 2.05) is 19.1 Å². The first kappa shape index (κ1) is 23.1. The summed E-state index contributed by atoms with van der Waals surface area (Å²) >= 11 is 0. The number of hydrogen-bond donors (Lipinski definition) is 0. The van der Waals surface area contributed by atoms with Gasteiger partial charge in [-0.2, -0.15) is 0 Å². The van der Waals surface area contributed by atoms with Crippen LogP contribution in [0.1, 0.15) is 35.9 Å². The molecular weight excluding hydrogens is 458 g/mol. The maximum absolute atomic E-state index is 14.7. The van der Waals surface area contributed by atoms with Crippen molar-refractivity contribution in [3.63, 3.8) is 0 Å². The number of rotatable bonds is 4. The van der Waals surface area contributed by atoms with Gasteiger partial charge in [-0.3, -0.25) is 4.79 Å². The third kappa shape index (κ3) is 4.55. The number of benzene rings is 3. The summed E-state index contributed by atoms with van der Waals surface area (Å²) in [5.41, 5.74) is 2.94. The summed E-state index contributed by atoms with van der Waals surface area (Å²) in [6, 6.07) is 15.7. The van der Waals surface area contributed by atoms with Crippen LogP contribution in [0.4, 0.5) is 17.6 Å². The van der Waals surface area contributed by atoms with Crippen LogP contribution >= 0.6 is 0 Å². The van der Waals surface area contributed by atoms with Gasteiger partial charge in [0, 0.05) is 54.4 Å². The van der Waals surface area contributed by atoms with E-state index in [1.165, 1.54) is 4.90 Å². The molecule has 0 atom stereocenters. The molecule has 4 aromatic rings. The summed E-state index contributed by atoms with van der Waals surface area (Å²) in [5, 5.41) is 0.757. The molecule has 1 aliphatic heterocycles. The molecule has 5 rings (SSSR count). The van der Waals surface area contributed by atoms with Gasteiger partial charge in [-0.25, -0.2) is 17.6 Å². The van der Waals surface area contributed by atoms with Gasteiger partial charge in [-0.05, 0) is 59.7 Å². The van der Waals surface area contributed by atoms with Crippen LogP contribution in [0.3, 0.4) is 0 Å². The van der Waals surface area contributed by atoms with Gasteiger partial charge in [0.2, 0.25) is 0 Å². The molecule has 1 amide bonds. The number of hydrogen-bond acceptors (Lipinski definition) is 2. The Labute approximate surface area is 200 Å². The molecular formula is C28H23F4NO2. The third-order valence-corrected chi connectivity index (χ3v) is 6.48. The smallest absolute Gasteiger partial charge is 0.253 e. The summed E-state index contributed by atoms with van der Waals surface area (Å²) in [7, 11) is 0. The maximum atomic E-state index is 14.7. The van der Waals surface area contributed by atoms with Crippen molar-refractivity contribution in [3.8, 4) is 22.3 Å². The molecule has 0 radical (unpaired) electrons. The molecule has 180 valence electrons. The Morgan fingerprint density at radius 1 is 0.914 bits per heavy atom. The zero-order valence-corrected chi connectivity index (χ0v) is 19.1. The van der Waals surface area contributed by atoms with Crippen molar-refractivity contribution >= 4 is 16.9 Å². The first-order valence-corrected chi connectivity index (χ1v) is 11.5. The molecule has 3 nitrogen and oxygen atoms in total. The van der Waals surface area contributed by atoms with E-state index < -0.39 is 17.6 Å². The van der Waals surface area contributed by atoms with Crippen molar-refractivity contribution in [1.82, 2.24) is 4.90 Å². The Hall–Kier alpha value is -3.61. The number of fused-ring (bicyclic) bond motifs is 1. The highest BCUT2D eigenvalue weighted by atomic mass is 19.3. The molecule has 1 fully saturated rings. The molecule has 2 heterocycles. The van der Waals surface area contributed by atoms with E-state index in [-0.39, 0.29) is 37.4 Å². The topological polar surface area (TPSA) is 33.5 Å². The SMILES string of the molecule is CCc1cc2cc(-c3ccc(C(=O)N4CCC(F)(F)CC4)cc3)cc(-c3cc(F)ccc3F)c2o1. The Bertz CT molecular complexity index is 1400. The van der Waals surface area contributed by atoms with Gasteiger partial charge >= 0.3 is 0 Å².